The molecule has 82 valence electrons. The van der Waals surface area contributed by atoms with Crippen molar-refractivity contribution in [2.75, 3.05) is 13.2 Å². The number of ether oxygens (including phenoxy) is 1. The van der Waals surface area contributed by atoms with Crippen LogP contribution in [-0.4, -0.2) is 22.9 Å². The van der Waals surface area contributed by atoms with Crippen LogP contribution in [0, 0.1) is 5.41 Å². The van der Waals surface area contributed by atoms with Crippen LogP contribution in [0.1, 0.15) is 6.92 Å². The quantitative estimate of drug-likeness (QED) is 0.820. The maximum absolute atomic E-state index is 8.62. The molecule has 0 saturated heterocycles. The van der Waals surface area contributed by atoms with E-state index in [1.165, 1.54) is 6.07 Å². The van der Waals surface area contributed by atoms with Gasteiger partial charge >= 0.3 is 0 Å². The Morgan fingerprint density at radius 2 is 2.40 bits per heavy atom. The lowest BCUT2D eigenvalue weighted by Crippen LogP contribution is -2.15. The third-order valence-corrected chi connectivity index (χ3v) is 1.99. The van der Waals surface area contributed by atoms with Crippen LogP contribution in [0.3, 0.4) is 0 Å². The van der Waals surface area contributed by atoms with E-state index in [0.29, 0.717) is 10.8 Å². The van der Waals surface area contributed by atoms with Gasteiger partial charge in [-0.2, -0.15) is 0 Å². The number of rotatable bonds is 4. The first kappa shape index (κ1) is 11.8. The Balaban J connectivity index is 3.06. The second kappa shape index (κ2) is 5.58. The summed E-state index contributed by atoms with van der Waals surface area (Å²) in [6.45, 7) is 1.98. The predicted octanol–water partition coefficient (Wildman–Crippen LogP) is 1.48. The number of nitrogens with one attached hydrogen (secondary N) is 1. The van der Waals surface area contributed by atoms with Gasteiger partial charge in [0.25, 0.3) is 0 Å². The molecule has 1 aromatic heterocycles. The Morgan fingerprint density at radius 1 is 1.67 bits per heavy atom. The minimum atomic E-state index is -0.0669. The average molecular weight is 229 g/mol. The molecule has 0 aliphatic rings. The van der Waals surface area contributed by atoms with E-state index in [0.717, 1.165) is 0 Å². The number of allylic oxidation sites excluding steroid dienone is 1. The molecule has 0 atom stereocenters. The molecule has 4 nitrogen and oxygen atoms in total. The van der Waals surface area contributed by atoms with Gasteiger partial charge in [-0.1, -0.05) is 17.7 Å². The molecule has 0 radical (unpaired) electrons. The van der Waals surface area contributed by atoms with Gasteiger partial charge in [-0.15, -0.1) is 0 Å². The fraction of sp³-hybridized carbons (Fsp3) is 0.300. The molecule has 0 unspecified atom stereocenters. The smallest absolute Gasteiger partial charge is 0.154 e. The first-order valence-corrected chi connectivity index (χ1v) is 4.89. The topological polar surface area (TPSA) is 58.2 Å². The maximum Gasteiger partial charge on any atom is 0.154 e. The van der Waals surface area contributed by atoms with E-state index in [2.05, 4.69) is 0 Å². The van der Waals surface area contributed by atoms with Crippen molar-refractivity contribution in [2.24, 2.45) is 0 Å². The first-order chi connectivity index (χ1) is 7.19. The van der Waals surface area contributed by atoms with Gasteiger partial charge in [0.1, 0.15) is 12.1 Å². The monoisotopic (exact) mass is 228 g/mol. The van der Waals surface area contributed by atoms with Crippen molar-refractivity contribution in [3.8, 4) is 5.75 Å². The highest BCUT2D eigenvalue weighted by Crippen LogP contribution is 2.21. The summed E-state index contributed by atoms with van der Waals surface area (Å²) in [7, 11) is 0. The Bertz CT molecular complexity index is 412. The van der Waals surface area contributed by atoms with Crippen LogP contribution >= 0.6 is 11.6 Å². The summed E-state index contributed by atoms with van der Waals surface area (Å²) in [6, 6.07) is 1.49. The Morgan fingerprint density at radius 3 is 3.00 bits per heavy atom. The van der Waals surface area contributed by atoms with Crippen molar-refractivity contribution < 1.29 is 9.84 Å². The molecule has 1 aromatic rings. The van der Waals surface area contributed by atoms with E-state index in [4.69, 9.17) is 26.9 Å². The van der Waals surface area contributed by atoms with Gasteiger partial charge in [0, 0.05) is 12.3 Å². The summed E-state index contributed by atoms with van der Waals surface area (Å²) < 4.78 is 6.79. The zero-order valence-electron chi connectivity index (χ0n) is 8.40. The summed E-state index contributed by atoms with van der Waals surface area (Å²) in [5, 5.41) is 16.6. The molecule has 1 rings (SSSR count). The fourth-order valence-electron chi connectivity index (χ4n) is 1.07. The highest BCUT2D eigenvalue weighted by molar-refractivity contribution is 6.31. The summed E-state index contributed by atoms with van der Waals surface area (Å²) in [5.74, 6) is 0.458. The average Bonchev–Trinajstić information content (AvgIpc) is 2.20. The molecule has 0 aromatic carbocycles. The molecule has 15 heavy (non-hydrogen) atoms. The van der Waals surface area contributed by atoms with Crippen molar-refractivity contribution in [2.45, 2.75) is 6.92 Å². The van der Waals surface area contributed by atoms with Gasteiger partial charge in [-0.05, 0) is 6.92 Å². The molecule has 0 fully saturated rings. The first-order valence-electron chi connectivity index (χ1n) is 4.51. The highest BCUT2D eigenvalue weighted by atomic mass is 35.5. The largest absolute Gasteiger partial charge is 0.488 e. The fourth-order valence-corrected chi connectivity index (χ4v) is 1.28. The molecule has 0 bridgehead atoms. The third kappa shape index (κ3) is 3.11. The number of nitrogens with zero attached hydrogens (tertiary/aromatic N) is 1. The van der Waals surface area contributed by atoms with Gasteiger partial charge < -0.3 is 14.4 Å². The minimum Gasteiger partial charge on any atom is -0.488 e. The minimum absolute atomic E-state index is 0.0669. The molecule has 1 heterocycles. The Labute approximate surface area is 92.9 Å². The number of halogens is 1. The summed E-state index contributed by atoms with van der Waals surface area (Å²) in [6.07, 6.45) is 5.15. The molecule has 0 saturated carbocycles. The van der Waals surface area contributed by atoms with E-state index >= 15 is 0 Å². The number of hydrogen-bond donors (Lipinski definition) is 2. The number of pyridine rings is 1. The predicted molar refractivity (Wildman–Crippen MR) is 58.9 cm³/mol. The third-order valence-electron chi connectivity index (χ3n) is 1.69. The lowest BCUT2D eigenvalue weighted by molar-refractivity contribution is 0.201. The van der Waals surface area contributed by atoms with Gasteiger partial charge in [-0.3, -0.25) is 5.41 Å². The molecule has 5 heteroatoms. The second-order valence-electron chi connectivity index (χ2n) is 2.83. The molecular formula is C10H13ClN2O2. The lowest BCUT2D eigenvalue weighted by atomic mass is 10.4. The van der Waals surface area contributed by atoms with Crippen molar-refractivity contribution in [3.05, 3.63) is 28.8 Å². The van der Waals surface area contributed by atoms with Crippen molar-refractivity contribution in [1.82, 2.24) is 4.57 Å². The zero-order valence-corrected chi connectivity index (χ0v) is 9.16. The van der Waals surface area contributed by atoms with E-state index in [-0.39, 0.29) is 18.7 Å². The van der Waals surface area contributed by atoms with Crippen LogP contribution in [0.15, 0.2) is 18.3 Å². The number of aromatic nitrogens is 1. The van der Waals surface area contributed by atoms with E-state index < -0.39 is 0 Å². The second-order valence-corrected chi connectivity index (χ2v) is 3.24. The van der Waals surface area contributed by atoms with Crippen LogP contribution in [0.4, 0.5) is 0 Å². The molecule has 0 spiro atoms. The standard InChI is InChI=1S/C10H13ClN2O2/c1-2-3-13-7-9(15-5-4-14)8(11)6-10(13)12/h2-3,6-7,12,14H,4-5H2,1H3/b3-2-,12-10?. The lowest BCUT2D eigenvalue weighted by Gasteiger charge is -2.08. The van der Waals surface area contributed by atoms with Gasteiger partial charge in [0.2, 0.25) is 0 Å². The molecule has 0 aliphatic heterocycles. The van der Waals surface area contributed by atoms with E-state index in [1.807, 2.05) is 13.0 Å². The van der Waals surface area contributed by atoms with Crippen molar-refractivity contribution in [1.29, 1.82) is 5.41 Å². The highest BCUT2D eigenvalue weighted by Gasteiger charge is 2.02. The Hall–Kier alpha value is -1.26. The summed E-state index contributed by atoms with van der Waals surface area (Å²) in [4.78, 5) is 0. The molecular weight excluding hydrogens is 216 g/mol. The van der Waals surface area contributed by atoms with E-state index in [1.54, 1.807) is 17.0 Å². The Kier molecular flexibility index (Phi) is 4.39. The number of aliphatic hydroxyl groups is 1. The number of aliphatic hydroxyl groups excluding tert-OH is 1. The van der Waals surface area contributed by atoms with Crippen LogP contribution in [0.2, 0.25) is 5.02 Å². The van der Waals surface area contributed by atoms with Crippen LogP contribution in [0.25, 0.3) is 6.20 Å². The molecule has 2 N–H and O–H groups in total. The zero-order chi connectivity index (χ0) is 11.3. The van der Waals surface area contributed by atoms with Crippen molar-refractivity contribution in [3.63, 3.8) is 0 Å². The van der Waals surface area contributed by atoms with Crippen LogP contribution in [-0.2, 0) is 0 Å². The van der Waals surface area contributed by atoms with Crippen LogP contribution in [0.5, 0.6) is 5.75 Å². The van der Waals surface area contributed by atoms with Gasteiger partial charge in [0.05, 0.1) is 17.8 Å². The van der Waals surface area contributed by atoms with E-state index in [9.17, 15) is 0 Å². The van der Waals surface area contributed by atoms with Crippen LogP contribution < -0.4 is 10.2 Å². The SMILES string of the molecule is C/C=C\n1cc(OCCO)c(Cl)cc1=N. The van der Waals surface area contributed by atoms with Crippen molar-refractivity contribution >= 4 is 17.8 Å². The van der Waals surface area contributed by atoms with Gasteiger partial charge in [-0.25, -0.2) is 0 Å². The van der Waals surface area contributed by atoms with Gasteiger partial charge in [0.15, 0.2) is 5.75 Å². The summed E-state index contributed by atoms with van der Waals surface area (Å²) >= 11 is 5.87. The maximum atomic E-state index is 8.62. The molecule has 0 aliphatic carbocycles. The number of hydrogen-bond acceptors (Lipinski definition) is 3. The normalized spacial score (nSPS) is 10.9. The summed E-state index contributed by atoms with van der Waals surface area (Å²) in [5.41, 5.74) is 0.273. The molecule has 0 amide bonds.